The van der Waals surface area contributed by atoms with Crippen molar-refractivity contribution in [2.75, 3.05) is 5.32 Å². The van der Waals surface area contributed by atoms with Gasteiger partial charge in [-0.05, 0) is 12.1 Å². The summed E-state index contributed by atoms with van der Waals surface area (Å²) in [7, 11) is 0. The molecule has 0 aliphatic rings. The first-order valence-corrected chi connectivity index (χ1v) is 7.41. The van der Waals surface area contributed by atoms with E-state index >= 15 is 0 Å². The second-order valence-corrected chi connectivity index (χ2v) is 6.23. The quantitative estimate of drug-likeness (QED) is 0.873. The lowest BCUT2D eigenvalue weighted by Gasteiger charge is -2.08. The van der Waals surface area contributed by atoms with Gasteiger partial charge < -0.3 is 10.1 Å². The number of hydrogen-bond donors (Lipinski definition) is 1. The van der Waals surface area contributed by atoms with Gasteiger partial charge in [-0.25, -0.2) is 4.98 Å². The van der Waals surface area contributed by atoms with E-state index in [1.54, 1.807) is 18.2 Å². The smallest absolute Gasteiger partial charge is 0.221 e. The normalized spacial score (nSPS) is 10.4. The molecule has 0 saturated heterocycles. The number of halogens is 3. The molecule has 0 unspecified atom stereocenters. The van der Waals surface area contributed by atoms with Crippen LogP contribution in [-0.2, 0) is 11.4 Å². The minimum atomic E-state index is -0.187. The molecule has 0 aliphatic carbocycles. The van der Waals surface area contributed by atoms with Gasteiger partial charge in [-0.1, -0.05) is 34.8 Å². The zero-order chi connectivity index (χ0) is 14.7. The van der Waals surface area contributed by atoms with E-state index in [2.05, 4.69) is 10.3 Å². The van der Waals surface area contributed by atoms with E-state index in [9.17, 15) is 4.79 Å². The number of hydrogen-bond acceptors (Lipinski definition) is 4. The molecule has 0 fully saturated rings. The molecule has 0 atom stereocenters. The number of nitrogens with zero attached hydrogens (tertiary/aromatic N) is 1. The molecule has 1 heterocycles. The standard InChI is InChI=1S/C12H9Cl3N2O2S/c1-6(18)16-9-3-2-7(4-8(9)13)19-5-10-17-11(14)12(15)20-10/h2-4H,5H2,1H3,(H,16,18). The highest BCUT2D eigenvalue weighted by Gasteiger charge is 2.08. The largest absolute Gasteiger partial charge is 0.486 e. The van der Waals surface area contributed by atoms with E-state index in [-0.39, 0.29) is 17.7 Å². The first-order chi connectivity index (χ1) is 9.45. The average Bonchev–Trinajstić information content (AvgIpc) is 2.69. The first kappa shape index (κ1) is 15.4. The number of rotatable bonds is 4. The molecule has 0 aliphatic heterocycles. The third-order valence-corrected chi connectivity index (χ3v) is 4.23. The Labute approximate surface area is 134 Å². The maximum atomic E-state index is 11.0. The van der Waals surface area contributed by atoms with Gasteiger partial charge in [-0.3, -0.25) is 4.79 Å². The Kier molecular flexibility index (Phi) is 5.10. The van der Waals surface area contributed by atoms with Crippen LogP contribution in [-0.4, -0.2) is 10.9 Å². The van der Waals surface area contributed by atoms with Crippen molar-refractivity contribution in [3.63, 3.8) is 0 Å². The molecule has 1 amide bonds. The van der Waals surface area contributed by atoms with Crippen molar-refractivity contribution in [2.24, 2.45) is 0 Å². The second-order valence-electron chi connectivity index (χ2n) is 3.78. The van der Waals surface area contributed by atoms with Gasteiger partial charge >= 0.3 is 0 Å². The van der Waals surface area contributed by atoms with E-state index in [0.29, 0.717) is 25.8 Å². The fourth-order valence-corrected chi connectivity index (χ4v) is 2.79. The molecule has 0 spiro atoms. The van der Waals surface area contributed by atoms with Gasteiger partial charge in [0.1, 0.15) is 21.7 Å². The predicted molar refractivity (Wildman–Crippen MR) is 82.2 cm³/mol. The minimum absolute atomic E-state index is 0.187. The van der Waals surface area contributed by atoms with Crippen molar-refractivity contribution in [3.05, 3.63) is 37.7 Å². The topological polar surface area (TPSA) is 51.2 Å². The lowest BCUT2D eigenvalue weighted by atomic mass is 10.3. The van der Waals surface area contributed by atoms with Crippen molar-refractivity contribution < 1.29 is 9.53 Å². The molecule has 2 rings (SSSR count). The second kappa shape index (κ2) is 6.63. The van der Waals surface area contributed by atoms with Crippen LogP contribution >= 0.6 is 46.1 Å². The molecular formula is C12H9Cl3N2O2S. The highest BCUT2D eigenvalue weighted by molar-refractivity contribution is 7.16. The molecule has 1 aromatic carbocycles. The van der Waals surface area contributed by atoms with Crippen LogP contribution < -0.4 is 10.1 Å². The Bertz CT molecular complexity index is 626. The molecule has 0 bridgehead atoms. The minimum Gasteiger partial charge on any atom is -0.486 e. The summed E-state index contributed by atoms with van der Waals surface area (Å²) in [6.07, 6.45) is 0. The highest BCUT2D eigenvalue weighted by Crippen LogP contribution is 2.30. The molecule has 4 nitrogen and oxygen atoms in total. The maximum absolute atomic E-state index is 11.0. The number of nitrogens with one attached hydrogen (secondary N) is 1. The number of benzene rings is 1. The van der Waals surface area contributed by atoms with Gasteiger partial charge in [0, 0.05) is 13.0 Å². The molecule has 2 aromatic rings. The van der Waals surface area contributed by atoms with Crippen molar-refractivity contribution in [2.45, 2.75) is 13.5 Å². The number of carbonyl (C=O) groups excluding carboxylic acids is 1. The number of anilines is 1. The van der Waals surface area contributed by atoms with E-state index < -0.39 is 0 Å². The van der Waals surface area contributed by atoms with Crippen molar-refractivity contribution in [3.8, 4) is 5.75 Å². The van der Waals surface area contributed by atoms with E-state index in [1.807, 2.05) is 0 Å². The molecule has 1 N–H and O–H groups in total. The lowest BCUT2D eigenvalue weighted by Crippen LogP contribution is -2.06. The Hall–Kier alpha value is -1.01. The molecule has 8 heteroatoms. The molecule has 20 heavy (non-hydrogen) atoms. The van der Waals surface area contributed by atoms with Gasteiger partial charge in [0.2, 0.25) is 5.91 Å². The Morgan fingerprint density at radius 3 is 2.70 bits per heavy atom. The Morgan fingerprint density at radius 1 is 1.40 bits per heavy atom. The summed E-state index contributed by atoms with van der Waals surface area (Å²) in [5, 5.41) is 3.95. The monoisotopic (exact) mass is 350 g/mol. The van der Waals surface area contributed by atoms with Crippen molar-refractivity contribution in [1.82, 2.24) is 4.98 Å². The Morgan fingerprint density at radius 2 is 2.15 bits per heavy atom. The lowest BCUT2D eigenvalue weighted by molar-refractivity contribution is -0.114. The molecular weight excluding hydrogens is 343 g/mol. The van der Waals surface area contributed by atoms with E-state index in [4.69, 9.17) is 39.5 Å². The number of ether oxygens (including phenoxy) is 1. The SMILES string of the molecule is CC(=O)Nc1ccc(OCc2nc(Cl)c(Cl)s2)cc1Cl. The summed E-state index contributed by atoms with van der Waals surface area (Å²) >= 11 is 18.9. The van der Waals surface area contributed by atoms with E-state index in [0.717, 1.165) is 0 Å². The summed E-state index contributed by atoms with van der Waals surface area (Å²) in [5.41, 5.74) is 0.534. The highest BCUT2D eigenvalue weighted by atomic mass is 35.5. The maximum Gasteiger partial charge on any atom is 0.221 e. The number of aromatic nitrogens is 1. The zero-order valence-electron chi connectivity index (χ0n) is 10.2. The van der Waals surface area contributed by atoms with Crippen molar-refractivity contribution >= 4 is 57.7 Å². The third-order valence-electron chi connectivity index (χ3n) is 2.21. The first-order valence-electron chi connectivity index (χ1n) is 5.46. The summed E-state index contributed by atoms with van der Waals surface area (Å²) < 4.78 is 5.97. The van der Waals surface area contributed by atoms with Crippen molar-refractivity contribution in [1.29, 1.82) is 0 Å². The van der Waals surface area contributed by atoms with Crippen LogP contribution in [0, 0.1) is 0 Å². The van der Waals surface area contributed by atoms with Gasteiger partial charge in [0.05, 0.1) is 10.7 Å². The van der Waals surface area contributed by atoms with Crippen LogP contribution in [0.2, 0.25) is 14.5 Å². The Balaban J connectivity index is 2.03. The summed E-state index contributed by atoms with van der Waals surface area (Å²) in [5.74, 6) is 0.374. The third kappa shape index (κ3) is 3.99. The average molecular weight is 352 g/mol. The molecule has 0 saturated carbocycles. The summed E-state index contributed by atoms with van der Waals surface area (Å²) in [6, 6.07) is 4.98. The number of thiazole rings is 1. The van der Waals surface area contributed by atoms with Crippen LogP contribution in [0.3, 0.4) is 0 Å². The van der Waals surface area contributed by atoms with Crippen LogP contribution in [0.25, 0.3) is 0 Å². The predicted octanol–water partition coefficient (Wildman–Crippen LogP) is 4.64. The van der Waals surface area contributed by atoms with Crippen LogP contribution in [0.4, 0.5) is 5.69 Å². The van der Waals surface area contributed by atoms with E-state index in [1.165, 1.54) is 18.3 Å². The van der Waals surface area contributed by atoms with Gasteiger partial charge in [0.15, 0.2) is 5.15 Å². The molecule has 0 radical (unpaired) electrons. The molecule has 1 aromatic heterocycles. The van der Waals surface area contributed by atoms with Crippen LogP contribution in [0.15, 0.2) is 18.2 Å². The van der Waals surface area contributed by atoms with Gasteiger partial charge in [0.25, 0.3) is 0 Å². The van der Waals surface area contributed by atoms with Crippen LogP contribution in [0.1, 0.15) is 11.9 Å². The zero-order valence-corrected chi connectivity index (χ0v) is 13.3. The van der Waals surface area contributed by atoms with Gasteiger partial charge in [-0.15, -0.1) is 11.3 Å². The molecule has 106 valence electrons. The number of carbonyl (C=O) groups is 1. The summed E-state index contributed by atoms with van der Waals surface area (Å²) in [6.45, 7) is 1.66. The number of amides is 1. The van der Waals surface area contributed by atoms with Crippen LogP contribution in [0.5, 0.6) is 5.75 Å². The van der Waals surface area contributed by atoms with Gasteiger partial charge in [-0.2, -0.15) is 0 Å². The fraction of sp³-hybridized carbons (Fsp3) is 0.167. The fourth-order valence-electron chi connectivity index (χ4n) is 1.41. The summed E-state index contributed by atoms with van der Waals surface area (Å²) in [4.78, 5) is 15.0.